The van der Waals surface area contributed by atoms with E-state index in [0.717, 1.165) is 37.0 Å². The molecule has 3 aromatic heterocycles. The molecule has 3 N–H and O–H groups in total. The zero-order chi connectivity index (χ0) is 27.3. The van der Waals surface area contributed by atoms with Crippen molar-refractivity contribution in [3.8, 4) is 21.7 Å². The second-order valence-corrected chi connectivity index (χ2v) is 9.79. The highest BCUT2D eigenvalue weighted by Crippen LogP contribution is 2.41. The second kappa shape index (κ2) is 11.9. The van der Waals surface area contributed by atoms with Crippen molar-refractivity contribution in [3.63, 3.8) is 0 Å². The Hall–Kier alpha value is -3.58. The fraction of sp³-hybridized carbons (Fsp3) is 0.400. The maximum Gasteiger partial charge on any atom is 0.434 e. The molecule has 9 nitrogen and oxygen atoms in total. The molecule has 38 heavy (non-hydrogen) atoms. The third-order valence-corrected chi connectivity index (χ3v) is 7.14. The topological polar surface area (TPSA) is 118 Å². The molecule has 0 aromatic carbocycles. The lowest BCUT2D eigenvalue weighted by Gasteiger charge is -2.12. The standard InChI is InChI=1S/C25H27F3N6O3S/c1-3-30-24(36)33-20-9-17(18(12-32-20)14-8-15(11-29-10-14)23(35)37-2)22-34-21(25(26,27)28)19(38-22)13-31-16-6-4-5-7-16/h8-12,16,31H,3-7,13H2,1-2H3,(H2,30,32,33,36). The Morgan fingerprint density at radius 2 is 1.89 bits per heavy atom. The van der Waals surface area contributed by atoms with Crippen LogP contribution in [0.25, 0.3) is 21.7 Å². The van der Waals surface area contributed by atoms with Gasteiger partial charge in [0.05, 0.1) is 17.6 Å². The third-order valence-electron chi connectivity index (χ3n) is 6.06. The first-order valence-electron chi connectivity index (χ1n) is 12.1. The molecule has 0 aliphatic heterocycles. The highest BCUT2D eigenvalue weighted by atomic mass is 32.1. The number of anilines is 1. The molecule has 4 rings (SSSR count). The van der Waals surface area contributed by atoms with Gasteiger partial charge in [0, 0.05) is 54.4 Å². The predicted octanol–water partition coefficient (Wildman–Crippen LogP) is 5.25. The van der Waals surface area contributed by atoms with Crippen molar-refractivity contribution < 1.29 is 27.5 Å². The molecule has 0 saturated heterocycles. The van der Waals surface area contributed by atoms with Crippen molar-refractivity contribution in [3.05, 3.63) is 46.9 Å². The summed E-state index contributed by atoms with van der Waals surface area (Å²) in [5.41, 5.74) is 0.331. The largest absolute Gasteiger partial charge is 0.465 e. The molecule has 0 spiro atoms. The molecule has 2 amide bonds. The molecule has 1 fully saturated rings. The fourth-order valence-electron chi connectivity index (χ4n) is 4.24. The summed E-state index contributed by atoms with van der Waals surface area (Å²) in [6.07, 6.45) is 3.51. The van der Waals surface area contributed by atoms with Crippen molar-refractivity contribution in [1.29, 1.82) is 0 Å². The monoisotopic (exact) mass is 548 g/mol. The number of pyridine rings is 2. The summed E-state index contributed by atoms with van der Waals surface area (Å²) in [7, 11) is 1.24. The number of methoxy groups -OCH3 is 1. The first kappa shape index (κ1) is 27.5. The van der Waals surface area contributed by atoms with E-state index in [1.807, 2.05) is 0 Å². The van der Waals surface area contributed by atoms with Gasteiger partial charge in [0.2, 0.25) is 0 Å². The SMILES string of the molecule is CCNC(=O)Nc1cc(-c2nc(C(F)(F)F)c(CNC3CCCC3)s2)c(-c2cncc(C(=O)OC)c2)cn1. The summed E-state index contributed by atoms with van der Waals surface area (Å²) in [4.78, 5) is 36.5. The molecule has 13 heteroatoms. The van der Waals surface area contributed by atoms with Gasteiger partial charge < -0.3 is 15.4 Å². The lowest BCUT2D eigenvalue weighted by atomic mass is 10.0. The van der Waals surface area contributed by atoms with Gasteiger partial charge in [-0.15, -0.1) is 11.3 Å². The number of urea groups is 1. The highest BCUT2D eigenvalue weighted by Gasteiger charge is 2.38. The highest BCUT2D eigenvalue weighted by molar-refractivity contribution is 7.15. The number of hydrogen-bond acceptors (Lipinski definition) is 8. The van der Waals surface area contributed by atoms with Crippen LogP contribution in [0.4, 0.5) is 23.8 Å². The molecule has 3 heterocycles. The Bertz CT molecular complexity index is 1310. The number of carbonyl (C=O) groups excluding carboxylic acids is 2. The molecule has 1 aliphatic rings. The van der Waals surface area contributed by atoms with E-state index in [-0.39, 0.29) is 33.9 Å². The molecule has 202 valence electrons. The van der Waals surface area contributed by atoms with E-state index < -0.39 is 23.9 Å². The molecule has 0 unspecified atom stereocenters. The van der Waals surface area contributed by atoms with Crippen molar-refractivity contribution in [2.75, 3.05) is 19.0 Å². The number of nitrogens with one attached hydrogen (secondary N) is 3. The van der Waals surface area contributed by atoms with Gasteiger partial charge in [0.1, 0.15) is 10.8 Å². The van der Waals surface area contributed by atoms with Gasteiger partial charge in [0.25, 0.3) is 0 Å². The van der Waals surface area contributed by atoms with Crippen molar-refractivity contribution in [1.82, 2.24) is 25.6 Å². The van der Waals surface area contributed by atoms with E-state index >= 15 is 0 Å². The average molecular weight is 549 g/mol. The third kappa shape index (κ3) is 6.45. The molecule has 0 bridgehead atoms. The van der Waals surface area contributed by atoms with E-state index in [9.17, 15) is 22.8 Å². The van der Waals surface area contributed by atoms with Gasteiger partial charge in [-0.2, -0.15) is 13.2 Å². The van der Waals surface area contributed by atoms with Crippen LogP contribution in [-0.4, -0.2) is 46.6 Å². The van der Waals surface area contributed by atoms with Crippen molar-refractivity contribution in [2.45, 2.75) is 51.4 Å². The molecule has 0 atom stereocenters. The lowest BCUT2D eigenvalue weighted by Crippen LogP contribution is -2.28. The van der Waals surface area contributed by atoms with Crippen LogP contribution in [0.1, 0.15) is 53.5 Å². The van der Waals surface area contributed by atoms with Gasteiger partial charge in [-0.05, 0) is 31.9 Å². The average Bonchev–Trinajstić information content (AvgIpc) is 3.57. The molecular weight excluding hydrogens is 521 g/mol. The van der Waals surface area contributed by atoms with Crippen molar-refractivity contribution in [2.24, 2.45) is 0 Å². The van der Waals surface area contributed by atoms with E-state index in [1.165, 1.54) is 37.8 Å². The van der Waals surface area contributed by atoms with Crippen LogP contribution in [0.5, 0.6) is 0 Å². The first-order valence-corrected chi connectivity index (χ1v) is 12.9. The Morgan fingerprint density at radius 1 is 1.13 bits per heavy atom. The van der Waals surface area contributed by atoms with Crippen LogP contribution in [0.15, 0.2) is 30.7 Å². The molecular formula is C25H27F3N6O3S. The minimum absolute atomic E-state index is 0.0426. The number of thiazole rings is 1. The van der Waals surface area contributed by atoms with Crippen LogP contribution in [0.2, 0.25) is 0 Å². The summed E-state index contributed by atoms with van der Waals surface area (Å²) in [6, 6.07) is 2.64. The summed E-state index contributed by atoms with van der Waals surface area (Å²) < 4.78 is 46.7. The molecule has 1 saturated carbocycles. The normalized spacial score (nSPS) is 13.9. The number of amides is 2. The van der Waals surface area contributed by atoms with Crippen molar-refractivity contribution >= 4 is 29.2 Å². The van der Waals surface area contributed by atoms with Crippen LogP contribution in [0, 0.1) is 0 Å². The van der Waals surface area contributed by atoms with Crippen LogP contribution < -0.4 is 16.0 Å². The van der Waals surface area contributed by atoms with Gasteiger partial charge in [0.15, 0.2) is 5.69 Å². The maximum absolute atomic E-state index is 14.0. The number of nitrogens with zero attached hydrogens (tertiary/aromatic N) is 3. The number of halogens is 3. The lowest BCUT2D eigenvalue weighted by molar-refractivity contribution is -0.141. The summed E-state index contributed by atoms with van der Waals surface area (Å²) in [5.74, 6) is -0.488. The number of hydrogen-bond donors (Lipinski definition) is 3. The zero-order valence-electron chi connectivity index (χ0n) is 20.8. The van der Waals surface area contributed by atoms with E-state index in [0.29, 0.717) is 23.2 Å². The number of alkyl halides is 3. The summed E-state index contributed by atoms with van der Waals surface area (Å²) >= 11 is 0.923. The molecule has 0 radical (unpaired) electrons. The fourth-order valence-corrected chi connectivity index (χ4v) is 5.31. The molecule has 1 aliphatic carbocycles. The van der Waals surface area contributed by atoms with Crippen LogP contribution in [0.3, 0.4) is 0 Å². The summed E-state index contributed by atoms with van der Waals surface area (Å²) in [6.45, 7) is 2.17. The molecule has 3 aromatic rings. The van der Waals surface area contributed by atoms with Gasteiger partial charge in [-0.3, -0.25) is 10.3 Å². The second-order valence-electron chi connectivity index (χ2n) is 8.70. The number of aromatic nitrogens is 3. The van der Waals surface area contributed by atoms with Crippen LogP contribution >= 0.6 is 11.3 Å². The Balaban J connectivity index is 1.79. The van der Waals surface area contributed by atoms with Crippen LogP contribution in [-0.2, 0) is 17.5 Å². The zero-order valence-corrected chi connectivity index (χ0v) is 21.6. The Morgan fingerprint density at radius 3 is 2.58 bits per heavy atom. The first-order chi connectivity index (χ1) is 18.2. The number of rotatable bonds is 8. The maximum atomic E-state index is 14.0. The number of carbonyl (C=O) groups is 2. The van der Waals surface area contributed by atoms with Gasteiger partial charge in [-0.1, -0.05) is 12.8 Å². The van der Waals surface area contributed by atoms with E-state index in [4.69, 9.17) is 4.74 Å². The Labute approximate surface area is 221 Å². The smallest absolute Gasteiger partial charge is 0.434 e. The minimum Gasteiger partial charge on any atom is -0.465 e. The number of ether oxygens (including phenoxy) is 1. The quantitative estimate of drug-likeness (QED) is 0.329. The van der Waals surface area contributed by atoms with Gasteiger partial charge >= 0.3 is 18.2 Å². The van der Waals surface area contributed by atoms with E-state index in [1.54, 1.807) is 6.92 Å². The minimum atomic E-state index is -4.65. The van der Waals surface area contributed by atoms with Gasteiger partial charge in [-0.25, -0.2) is 19.6 Å². The summed E-state index contributed by atoms with van der Waals surface area (Å²) in [5, 5.41) is 8.49. The number of esters is 1. The van der Waals surface area contributed by atoms with E-state index in [2.05, 4.69) is 30.9 Å². The predicted molar refractivity (Wildman–Crippen MR) is 137 cm³/mol. The Kier molecular flexibility index (Phi) is 8.57.